The van der Waals surface area contributed by atoms with Gasteiger partial charge in [0.05, 0.1) is 0 Å². The Bertz CT molecular complexity index is 913. The summed E-state index contributed by atoms with van der Waals surface area (Å²) in [7, 11) is 0. The van der Waals surface area contributed by atoms with Crippen LogP contribution in [0.2, 0.25) is 0 Å². The van der Waals surface area contributed by atoms with Crippen LogP contribution in [0.1, 0.15) is 11.1 Å². The first-order chi connectivity index (χ1) is 12.9. The Morgan fingerprint density at radius 1 is 0.462 bits per heavy atom. The Hall–Kier alpha value is -3.80. The van der Waals surface area contributed by atoms with Gasteiger partial charge in [-0.15, -0.1) is 0 Å². The van der Waals surface area contributed by atoms with Crippen molar-refractivity contribution in [2.45, 2.75) is 0 Å². The highest BCUT2D eigenvalue weighted by atomic mass is 15.0. The molecule has 0 unspecified atom stereocenters. The van der Waals surface area contributed by atoms with Crippen molar-refractivity contribution in [3.8, 4) is 22.8 Å². The lowest BCUT2D eigenvalue weighted by atomic mass is 10.1. The van der Waals surface area contributed by atoms with Crippen molar-refractivity contribution >= 4 is 12.2 Å². The summed E-state index contributed by atoms with van der Waals surface area (Å²) in [5.41, 5.74) is 4.13. The third kappa shape index (κ3) is 3.64. The van der Waals surface area contributed by atoms with Gasteiger partial charge in [0.15, 0.2) is 11.6 Å². The lowest BCUT2D eigenvalue weighted by molar-refractivity contribution is 1.06. The molecule has 0 spiro atoms. The Morgan fingerprint density at radius 3 is 1.15 bits per heavy atom. The zero-order valence-corrected chi connectivity index (χ0v) is 13.8. The van der Waals surface area contributed by atoms with E-state index >= 15 is 0 Å². The number of nitrogens with zero attached hydrogens (tertiary/aromatic N) is 6. The molecular formula is C20H14N6. The molecule has 26 heavy (non-hydrogen) atoms. The van der Waals surface area contributed by atoms with E-state index in [1.807, 2.05) is 48.5 Å². The average molecular weight is 338 g/mol. The minimum atomic E-state index is 0.671. The van der Waals surface area contributed by atoms with Crippen molar-refractivity contribution in [1.82, 2.24) is 29.9 Å². The van der Waals surface area contributed by atoms with Gasteiger partial charge in [0, 0.05) is 11.1 Å². The molecule has 0 N–H and O–H groups in total. The second kappa shape index (κ2) is 7.40. The molecule has 0 atom stereocenters. The van der Waals surface area contributed by atoms with E-state index in [-0.39, 0.29) is 0 Å². The highest BCUT2D eigenvalue weighted by Gasteiger charge is 2.00. The second-order valence-corrected chi connectivity index (χ2v) is 5.50. The van der Waals surface area contributed by atoms with E-state index in [4.69, 9.17) is 0 Å². The number of aromatic nitrogens is 6. The molecule has 4 rings (SSSR count). The van der Waals surface area contributed by atoms with E-state index in [0.29, 0.717) is 11.6 Å². The van der Waals surface area contributed by atoms with Crippen molar-refractivity contribution in [2.24, 2.45) is 0 Å². The summed E-state index contributed by atoms with van der Waals surface area (Å²) < 4.78 is 0. The number of hydrogen-bond acceptors (Lipinski definition) is 6. The van der Waals surface area contributed by atoms with Crippen LogP contribution in [0.15, 0.2) is 73.8 Å². The van der Waals surface area contributed by atoms with Crippen LogP contribution in [0.3, 0.4) is 0 Å². The predicted molar refractivity (Wildman–Crippen MR) is 99.5 cm³/mol. The molecule has 0 fully saturated rings. The van der Waals surface area contributed by atoms with Crippen LogP contribution in [-0.2, 0) is 0 Å². The molecule has 0 saturated carbocycles. The third-order valence-electron chi connectivity index (χ3n) is 3.79. The number of benzene rings is 2. The largest absolute Gasteiger partial charge is 0.225 e. The van der Waals surface area contributed by atoms with Crippen molar-refractivity contribution in [1.29, 1.82) is 0 Å². The maximum atomic E-state index is 4.15. The van der Waals surface area contributed by atoms with Crippen LogP contribution in [0.4, 0.5) is 0 Å². The molecule has 2 aromatic carbocycles. The maximum Gasteiger partial charge on any atom is 0.162 e. The summed E-state index contributed by atoms with van der Waals surface area (Å²) in [6, 6.07) is 16.1. The van der Waals surface area contributed by atoms with Gasteiger partial charge in [0.1, 0.15) is 25.3 Å². The SMILES string of the molecule is C(=Cc1ccc(-c2ncncn2)cc1)c1ccc(-c2ncncn2)cc1. The standard InChI is InChI=1S/C20H14N6/c1(15-3-7-17(8-4-15)19-23-11-21-12-24-19)2-16-5-9-18(10-6-16)20-25-13-22-14-26-20/h1-14H. The van der Waals surface area contributed by atoms with E-state index in [1.165, 1.54) is 25.3 Å². The van der Waals surface area contributed by atoms with Crippen LogP contribution in [0.25, 0.3) is 34.9 Å². The van der Waals surface area contributed by atoms with Gasteiger partial charge in [-0.1, -0.05) is 60.7 Å². The highest BCUT2D eigenvalue weighted by molar-refractivity contribution is 5.72. The summed E-state index contributed by atoms with van der Waals surface area (Å²) in [5, 5.41) is 0. The molecule has 2 aromatic heterocycles. The van der Waals surface area contributed by atoms with Gasteiger partial charge >= 0.3 is 0 Å². The lowest BCUT2D eigenvalue weighted by Crippen LogP contribution is -1.89. The third-order valence-corrected chi connectivity index (χ3v) is 3.79. The average Bonchev–Trinajstić information content (AvgIpc) is 2.74. The normalized spacial score (nSPS) is 10.9. The second-order valence-electron chi connectivity index (χ2n) is 5.50. The summed E-state index contributed by atoms with van der Waals surface area (Å²) in [6.07, 6.45) is 10.1. The first-order valence-electron chi connectivity index (χ1n) is 8.01. The molecule has 0 saturated heterocycles. The summed E-state index contributed by atoms with van der Waals surface area (Å²) in [6.45, 7) is 0. The summed E-state index contributed by atoms with van der Waals surface area (Å²) >= 11 is 0. The highest BCUT2D eigenvalue weighted by Crippen LogP contribution is 2.18. The van der Waals surface area contributed by atoms with E-state index in [1.54, 1.807) is 0 Å². The van der Waals surface area contributed by atoms with Gasteiger partial charge in [-0.05, 0) is 11.1 Å². The zero-order chi connectivity index (χ0) is 17.6. The van der Waals surface area contributed by atoms with Crippen LogP contribution < -0.4 is 0 Å². The molecule has 0 aliphatic rings. The molecule has 2 heterocycles. The molecule has 6 heteroatoms. The Kier molecular flexibility index (Phi) is 4.47. The predicted octanol–water partition coefficient (Wildman–Crippen LogP) is 3.56. The van der Waals surface area contributed by atoms with Gasteiger partial charge in [-0.2, -0.15) is 0 Å². The molecule has 4 aromatic rings. The first-order valence-corrected chi connectivity index (χ1v) is 8.01. The molecule has 6 nitrogen and oxygen atoms in total. The van der Waals surface area contributed by atoms with Crippen molar-refractivity contribution in [2.75, 3.05) is 0 Å². The smallest absolute Gasteiger partial charge is 0.162 e. The van der Waals surface area contributed by atoms with Crippen LogP contribution in [-0.4, -0.2) is 29.9 Å². The number of rotatable bonds is 4. The van der Waals surface area contributed by atoms with Gasteiger partial charge in [-0.25, -0.2) is 29.9 Å². The molecule has 0 bridgehead atoms. The minimum Gasteiger partial charge on any atom is -0.225 e. The topological polar surface area (TPSA) is 77.3 Å². The minimum absolute atomic E-state index is 0.671. The molecule has 0 aliphatic heterocycles. The summed E-state index contributed by atoms with van der Waals surface area (Å²) in [4.78, 5) is 24.3. The van der Waals surface area contributed by atoms with Crippen LogP contribution in [0.5, 0.6) is 0 Å². The van der Waals surface area contributed by atoms with Gasteiger partial charge in [0.25, 0.3) is 0 Å². The molecule has 124 valence electrons. The molecular weight excluding hydrogens is 324 g/mol. The van der Waals surface area contributed by atoms with E-state index < -0.39 is 0 Å². The Balaban J connectivity index is 1.48. The van der Waals surface area contributed by atoms with E-state index in [9.17, 15) is 0 Å². The fraction of sp³-hybridized carbons (Fsp3) is 0. The lowest BCUT2D eigenvalue weighted by Gasteiger charge is -2.01. The van der Waals surface area contributed by atoms with Gasteiger partial charge in [-0.3, -0.25) is 0 Å². The maximum absolute atomic E-state index is 4.15. The summed E-state index contributed by atoms with van der Waals surface area (Å²) in [5.74, 6) is 1.34. The molecule has 0 aliphatic carbocycles. The molecule has 0 amide bonds. The van der Waals surface area contributed by atoms with Crippen LogP contribution in [0, 0.1) is 0 Å². The van der Waals surface area contributed by atoms with E-state index in [0.717, 1.165) is 22.3 Å². The quantitative estimate of drug-likeness (QED) is 0.530. The zero-order valence-electron chi connectivity index (χ0n) is 13.8. The van der Waals surface area contributed by atoms with Crippen molar-refractivity contribution in [3.63, 3.8) is 0 Å². The molecule has 0 radical (unpaired) electrons. The fourth-order valence-electron chi connectivity index (χ4n) is 2.46. The first kappa shape index (κ1) is 15.7. The van der Waals surface area contributed by atoms with Crippen LogP contribution >= 0.6 is 0 Å². The van der Waals surface area contributed by atoms with Crippen molar-refractivity contribution < 1.29 is 0 Å². The monoisotopic (exact) mass is 338 g/mol. The van der Waals surface area contributed by atoms with Crippen molar-refractivity contribution in [3.05, 3.63) is 85.0 Å². The van der Waals surface area contributed by atoms with Gasteiger partial charge in [0.2, 0.25) is 0 Å². The number of hydrogen-bond donors (Lipinski definition) is 0. The van der Waals surface area contributed by atoms with E-state index in [2.05, 4.69) is 42.1 Å². The Labute approximate surface area is 150 Å². The Morgan fingerprint density at radius 2 is 0.808 bits per heavy atom. The fourth-order valence-corrected chi connectivity index (χ4v) is 2.46. The van der Waals surface area contributed by atoms with Gasteiger partial charge < -0.3 is 0 Å².